The monoisotopic (exact) mass is 414 g/mol. The number of hydrogen-bond donors (Lipinski definition) is 4. The summed E-state index contributed by atoms with van der Waals surface area (Å²) in [6.07, 6.45) is 2.62. The van der Waals surface area contributed by atoms with Crippen LogP contribution in [0.25, 0.3) is 10.9 Å². The normalized spacial score (nSPS) is 11.5. The quantitative estimate of drug-likeness (QED) is 0.335. The van der Waals surface area contributed by atoms with Gasteiger partial charge in [0.25, 0.3) is 0 Å². The minimum Gasteiger partial charge on any atom is -0.502 e. The van der Waals surface area contributed by atoms with Crippen LogP contribution in [-0.2, 0) is 13.0 Å². The van der Waals surface area contributed by atoms with Gasteiger partial charge in [-0.15, -0.1) is 0 Å². The third-order valence-electron chi connectivity index (χ3n) is 4.72. The number of hydrogen-bond acceptors (Lipinski definition) is 4. The second kappa shape index (κ2) is 9.87. The predicted octanol–water partition coefficient (Wildman–Crippen LogP) is 3.33. The van der Waals surface area contributed by atoms with Gasteiger partial charge in [-0.25, -0.2) is 9.38 Å². The van der Waals surface area contributed by atoms with E-state index in [0.29, 0.717) is 43.5 Å². The molecule has 0 saturated carbocycles. The molecule has 0 radical (unpaired) electrons. The lowest BCUT2D eigenvalue weighted by Gasteiger charge is -2.13. The summed E-state index contributed by atoms with van der Waals surface area (Å²) in [7, 11) is 2.98. The van der Waals surface area contributed by atoms with Gasteiger partial charge in [0.2, 0.25) is 5.75 Å². The number of fused-ring (bicyclic) bond motifs is 1. The second-order valence-corrected chi connectivity index (χ2v) is 6.72. The van der Waals surface area contributed by atoms with Crippen molar-refractivity contribution in [3.8, 4) is 17.2 Å². The molecule has 0 bridgehead atoms. The standard InChI is InChI=1S/C22H27FN4O3/c1-4-24-22(27-12-14-9-19(29-2)21(28)20(10-14)30-3)25-8-7-15-13-26-18-6-5-16(23)11-17(15)18/h5-6,9-11,13,26,28H,4,7-8,12H2,1-3H3,(H2,24,25,27). The van der Waals surface area contributed by atoms with E-state index in [-0.39, 0.29) is 11.6 Å². The van der Waals surface area contributed by atoms with E-state index in [0.717, 1.165) is 22.0 Å². The Hall–Kier alpha value is -3.42. The summed E-state index contributed by atoms with van der Waals surface area (Å²) in [5.41, 5.74) is 2.80. The van der Waals surface area contributed by atoms with Gasteiger partial charge in [0.1, 0.15) is 5.82 Å². The highest BCUT2D eigenvalue weighted by Gasteiger charge is 2.11. The molecule has 3 aromatic rings. The summed E-state index contributed by atoms with van der Waals surface area (Å²) in [6, 6.07) is 8.19. The number of H-pyrrole nitrogens is 1. The summed E-state index contributed by atoms with van der Waals surface area (Å²) < 4.78 is 23.9. The van der Waals surface area contributed by atoms with Gasteiger partial charge in [0.05, 0.1) is 20.8 Å². The van der Waals surface area contributed by atoms with Crippen LogP contribution in [0, 0.1) is 5.82 Å². The van der Waals surface area contributed by atoms with E-state index in [1.165, 1.54) is 20.3 Å². The highest BCUT2D eigenvalue weighted by atomic mass is 19.1. The molecule has 4 N–H and O–H groups in total. The van der Waals surface area contributed by atoms with Crippen LogP contribution in [0.3, 0.4) is 0 Å². The average Bonchev–Trinajstić information content (AvgIpc) is 3.14. The fraction of sp³-hybridized carbons (Fsp3) is 0.318. The average molecular weight is 414 g/mol. The molecule has 0 atom stereocenters. The number of methoxy groups -OCH3 is 2. The molecular formula is C22H27FN4O3. The lowest BCUT2D eigenvalue weighted by Crippen LogP contribution is -2.38. The Morgan fingerprint density at radius 3 is 2.53 bits per heavy atom. The summed E-state index contributed by atoms with van der Waals surface area (Å²) in [4.78, 5) is 7.76. The van der Waals surface area contributed by atoms with Crippen molar-refractivity contribution in [3.05, 3.63) is 53.5 Å². The highest BCUT2D eigenvalue weighted by Crippen LogP contribution is 2.37. The number of benzene rings is 2. The third-order valence-corrected chi connectivity index (χ3v) is 4.72. The predicted molar refractivity (Wildman–Crippen MR) is 116 cm³/mol. The van der Waals surface area contributed by atoms with E-state index < -0.39 is 0 Å². The van der Waals surface area contributed by atoms with Gasteiger partial charge in [-0.05, 0) is 54.8 Å². The molecule has 0 fully saturated rings. The van der Waals surface area contributed by atoms with Crippen molar-refractivity contribution in [2.24, 2.45) is 4.99 Å². The van der Waals surface area contributed by atoms with E-state index in [2.05, 4.69) is 20.6 Å². The number of rotatable bonds is 8. The molecule has 0 saturated heterocycles. The van der Waals surface area contributed by atoms with Crippen molar-refractivity contribution in [2.75, 3.05) is 27.3 Å². The number of guanidine groups is 1. The van der Waals surface area contributed by atoms with Crippen LogP contribution in [0.15, 0.2) is 41.5 Å². The van der Waals surface area contributed by atoms with Crippen molar-refractivity contribution in [1.82, 2.24) is 15.6 Å². The molecule has 0 spiro atoms. The zero-order chi connectivity index (χ0) is 21.5. The number of phenols is 1. The molecule has 160 valence electrons. The van der Waals surface area contributed by atoms with Gasteiger partial charge in [0, 0.05) is 30.2 Å². The lowest BCUT2D eigenvalue weighted by molar-refractivity contribution is 0.339. The summed E-state index contributed by atoms with van der Waals surface area (Å²) in [5.74, 6) is 1.06. The number of nitrogens with zero attached hydrogens (tertiary/aromatic N) is 1. The van der Waals surface area contributed by atoms with E-state index in [1.807, 2.05) is 13.1 Å². The topological polar surface area (TPSA) is 90.9 Å². The first-order chi connectivity index (χ1) is 14.5. The van der Waals surface area contributed by atoms with Gasteiger partial charge in [0.15, 0.2) is 17.5 Å². The van der Waals surface area contributed by atoms with Crippen LogP contribution in [0.4, 0.5) is 4.39 Å². The summed E-state index contributed by atoms with van der Waals surface area (Å²) >= 11 is 0. The Balaban J connectivity index is 1.67. The largest absolute Gasteiger partial charge is 0.502 e. The molecule has 0 aliphatic carbocycles. The molecule has 1 aromatic heterocycles. The molecular weight excluding hydrogens is 387 g/mol. The molecule has 7 nitrogen and oxygen atoms in total. The van der Waals surface area contributed by atoms with E-state index in [1.54, 1.807) is 24.3 Å². The number of aliphatic imine (C=N–C) groups is 1. The van der Waals surface area contributed by atoms with E-state index in [9.17, 15) is 9.50 Å². The smallest absolute Gasteiger partial charge is 0.200 e. The second-order valence-electron chi connectivity index (χ2n) is 6.72. The molecule has 3 rings (SSSR count). The lowest BCUT2D eigenvalue weighted by atomic mass is 10.1. The maximum atomic E-state index is 13.5. The first-order valence-corrected chi connectivity index (χ1v) is 9.77. The Morgan fingerprint density at radius 1 is 1.13 bits per heavy atom. The number of aromatic nitrogens is 1. The minimum atomic E-state index is -0.244. The fourth-order valence-electron chi connectivity index (χ4n) is 3.22. The first-order valence-electron chi connectivity index (χ1n) is 9.77. The van der Waals surface area contributed by atoms with Crippen molar-refractivity contribution >= 4 is 16.9 Å². The van der Waals surface area contributed by atoms with Crippen LogP contribution < -0.4 is 20.1 Å². The number of nitrogens with one attached hydrogen (secondary N) is 3. The number of aromatic hydroxyl groups is 1. The minimum absolute atomic E-state index is 0.0343. The van der Waals surface area contributed by atoms with Gasteiger partial charge >= 0.3 is 0 Å². The van der Waals surface area contributed by atoms with Crippen LogP contribution in [0.1, 0.15) is 18.1 Å². The van der Waals surface area contributed by atoms with Crippen LogP contribution >= 0.6 is 0 Å². The van der Waals surface area contributed by atoms with Gasteiger partial charge in [-0.2, -0.15) is 0 Å². The van der Waals surface area contributed by atoms with Gasteiger partial charge in [-0.3, -0.25) is 0 Å². The summed E-state index contributed by atoms with van der Waals surface area (Å²) in [6.45, 7) is 3.72. The first kappa shape index (κ1) is 21.3. The molecule has 8 heteroatoms. The third kappa shape index (κ3) is 4.94. The van der Waals surface area contributed by atoms with Crippen molar-refractivity contribution < 1.29 is 19.0 Å². The highest BCUT2D eigenvalue weighted by molar-refractivity contribution is 5.83. The number of aromatic amines is 1. The van der Waals surface area contributed by atoms with E-state index >= 15 is 0 Å². The summed E-state index contributed by atoms with van der Waals surface area (Å²) in [5, 5.41) is 17.4. The zero-order valence-electron chi connectivity index (χ0n) is 17.4. The van der Waals surface area contributed by atoms with Crippen LogP contribution in [0.5, 0.6) is 17.2 Å². The maximum Gasteiger partial charge on any atom is 0.200 e. The number of halogens is 1. The molecule has 30 heavy (non-hydrogen) atoms. The van der Waals surface area contributed by atoms with Crippen molar-refractivity contribution in [3.63, 3.8) is 0 Å². The Kier molecular flexibility index (Phi) is 7.00. The Morgan fingerprint density at radius 2 is 1.87 bits per heavy atom. The molecule has 1 heterocycles. The Labute approximate surface area is 174 Å². The fourth-order valence-corrected chi connectivity index (χ4v) is 3.22. The van der Waals surface area contributed by atoms with Crippen LogP contribution in [-0.4, -0.2) is 43.4 Å². The van der Waals surface area contributed by atoms with Gasteiger partial charge in [-0.1, -0.05) is 0 Å². The molecule has 0 unspecified atom stereocenters. The van der Waals surface area contributed by atoms with Crippen molar-refractivity contribution in [1.29, 1.82) is 0 Å². The van der Waals surface area contributed by atoms with E-state index in [4.69, 9.17) is 9.47 Å². The molecule has 0 aliphatic rings. The van der Waals surface area contributed by atoms with Gasteiger partial charge < -0.3 is 30.2 Å². The molecule has 0 amide bonds. The zero-order valence-corrected chi connectivity index (χ0v) is 17.4. The van der Waals surface area contributed by atoms with Crippen molar-refractivity contribution in [2.45, 2.75) is 19.9 Å². The number of phenolic OH excluding ortho intramolecular Hbond substituents is 1. The molecule has 2 aromatic carbocycles. The maximum absolute atomic E-state index is 13.5. The SMILES string of the molecule is CCNC(=NCc1cc(OC)c(O)c(OC)c1)NCCc1c[nH]c2ccc(F)cc12. The Bertz CT molecular complexity index is 1010. The van der Waals surface area contributed by atoms with Crippen LogP contribution in [0.2, 0.25) is 0 Å². The molecule has 0 aliphatic heterocycles. The number of ether oxygens (including phenoxy) is 2.